The summed E-state index contributed by atoms with van der Waals surface area (Å²) in [6.07, 6.45) is 2.76. The number of hydrazone groups is 1. The van der Waals surface area contributed by atoms with Crippen molar-refractivity contribution in [2.75, 3.05) is 12.0 Å². The second kappa shape index (κ2) is 8.34. The molecule has 0 aliphatic carbocycles. The van der Waals surface area contributed by atoms with E-state index in [0.29, 0.717) is 23.3 Å². The van der Waals surface area contributed by atoms with Gasteiger partial charge in [-0.3, -0.25) is 4.79 Å². The maximum Gasteiger partial charge on any atom is 0.307 e. The van der Waals surface area contributed by atoms with Crippen molar-refractivity contribution in [3.63, 3.8) is 0 Å². The number of ether oxygens (including phenoxy) is 1. The summed E-state index contributed by atoms with van der Waals surface area (Å²) in [4.78, 5) is 15.0. The summed E-state index contributed by atoms with van der Waals surface area (Å²) in [7, 11) is 1.57. The highest BCUT2D eigenvalue weighted by Crippen LogP contribution is 2.44. The van der Waals surface area contributed by atoms with Crippen LogP contribution in [0.2, 0.25) is 0 Å². The molecule has 0 spiro atoms. The fourth-order valence-corrected chi connectivity index (χ4v) is 5.06. The molecule has 4 rings (SSSR count). The van der Waals surface area contributed by atoms with Crippen molar-refractivity contribution < 1.29 is 13.9 Å². The number of benzene rings is 2. The summed E-state index contributed by atoms with van der Waals surface area (Å²) < 4.78 is 11.0. The van der Waals surface area contributed by atoms with E-state index >= 15 is 0 Å². The molecule has 168 valence electrons. The molecule has 2 aromatic carbocycles. The topological polar surface area (TPSA) is 67.1 Å². The molecule has 32 heavy (non-hydrogen) atoms. The molecule has 1 aliphatic rings. The summed E-state index contributed by atoms with van der Waals surface area (Å²) >= 11 is 0. The van der Waals surface area contributed by atoms with Crippen molar-refractivity contribution >= 4 is 28.8 Å². The number of anilines is 1. The van der Waals surface area contributed by atoms with E-state index in [2.05, 4.69) is 62.2 Å². The first-order chi connectivity index (χ1) is 15.2. The van der Waals surface area contributed by atoms with E-state index in [4.69, 9.17) is 9.15 Å². The Bertz CT molecular complexity index is 1180. The Hall–Kier alpha value is -3.28. The second-order valence-electron chi connectivity index (χ2n) is 9.39. The van der Waals surface area contributed by atoms with Crippen LogP contribution >= 0.6 is 0 Å². The van der Waals surface area contributed by atoms with Gasteiger partial charge >= 0.3 is 5.91 Å². The molecule has 0 saturated carbocycles. The van der Waals surface area contributed by atoms with Gasteiger partial charge in [0.15, 0.2) is 17.1 Å². The molecule has 2 heterocycles. The number of fused-ring (bicyclic) bond motifs is 2. The number of methoxy groups -OCH3 is 1. The van der Waals surface area contributed by atoms with E-state index in [1.165, 1.54) is 11.3 Å². The van der Waals surface area contributed by atoms with E-state index in [1.807, 2.05) is 18.2 Å². The molecule has 0 saturated heterocycles. The number of nitrogens with zero attached hydrogens (tertiary/aromatic N) is 2. The van der Waals surface area contributed by atoms with Gasteiger partial charge in [0.25, 0.3) is 0 Å². The average molecular weight is 434 g/mol. The monoisotopic (exact) mass is 433 g/mol. The van der Waals surface area contributed by atoms with Crippen LogP contribution in [-0.2, 0) is 0 Å². The number of para-hydroxylation sites is 1. The largest absolute Gasteiger partial charge is 0.493 e. The fourth-order valence-electron chi connectivity index (χ4n) is 5.06. The molecular weight excluding hydrogens is 402 g/mol. The van der Waals surface area contributed by atoms with Crippen LogP contribution in [0.4, 0.5) is 5.69 Å². The molecule has 1 atom stereocenters. The smallest absolute Gasteiger partial charge is 0.307 e. The van der Waals surface area contributed by atoms with Crippen molar-refractivity contribution in [3.8, 4) is 5.75 Å². The third kappa shape index (κ3) is 3.97. The molecule has 3 aromatic rings. The minimum Gasteiger partial charge on any atom is -0.493 e. The van der Waals surface area contributed by atoms with E-state index in [9.17, 15) is 4.79 Å². The van der Waals surface area contributed by atoms with E-state index in [-0.39, 0.29) is 11.3 Å². The molecule has 1 amide bonds. The van der Waals surface area contributed by atoms with Crippen LogP contribution in [0.25, 0.3) is 11.0 Å². The van der Waals surface area contributed by atoms with Gasteiger partial charge in [-0.2, -0.15) is 5.10 Å². The van der Waals surface area contributed by atoms with Crippen molar-refractivity contribution in [1.29, 1.82) is 0 Å². The predicted molar refractivity (Wildman–Crippen MR) is 129 cm³/mol. The van der Waals surface area contributed by atoms with Crippen molar-refractivity contribution in [3.05, 3.63) is 59.4 Å². The number of hydrogen-bond donors (Lipinski definition) is 1. The van der Waals surface area contributed by atoms with Gasteiger partial charge in [0.05, 0.1) is 13.3 Å². The maximum absolute atomic E-state index is 12.5. The van der Waals surface area contributed by atoms with E-state index in [1.54, 1.807) is 25.5 Å². The van der Waals surface area contributed by atoms with Crippen LogP contribution in [0.3, 0.4) is 0 Å². The lowest BCUT2D eigenvalue weighted by atomic mass is 9.79. The van der Waals surface area contributed by atoms with Crippen LogP contribution in [0.5, 0.6) is 5.75 Å². The number of furan rings is 1. The lowest BCUT2D eigenvalue weighted by molar-refractivity contribution is 0.0929. The zero-order valence-electron chi connectivity index (χ0n) is 19.6. The Kier molecular flexibility index (Phi) is 5.71. The molecule has 0 radical (unpaired) electrons. The van der Waals surface area contributed by atoms with Gasteiger partial charge in [0.1, 0.15) is 0 Å². The zero-order valence-corrected chi connectivity index (χ0v) is 19.6. The molecule has 6 heteroatoms. The predicted octanol–water partition coefficient (Wildman–Crippen LogP) is 5.71. The average Bonchev–Trinajstić information content (AvgIpc) is 3.17. The molecule has 0 unspecified atom stereocenters. The summed E-state index contributed by atoms with van der Waals surface area (Å²) in [5.74, 6) is 0.824. The second-order valence-corrected chi connectivity index (χ2v) is 9.39. The number of nitrogens with one attached hydrogen (secondary N) is 1. The highest BCUT2D eigenvalue weighted by atomic mass is 16.5. The molecule has 1 N–H and O–H groups in total. The first-order valence-corrected chi connectivity index (χ1v) is 11.0. The number of carbonyl (C=O) groups excluding carboxylic acids is 1. The number of amides is 1. The Morgan fingerprint density at radius 1 is 1.28 bits per heavy atom. The van der Waals surface area contributed by atoms with Gasteiger partial charge < -0.3 is 14.1 Å². The van der Waals surface area contributed by atoms with Crippen LogP contribution in [0.1, 0.15) is 68.6 Å². The van der Waals surface area contributed by atoms with Crippen LogP contribution in [-0.4, -0.2) is 30.8 Å². The highest BCUT2D eigenvalue weighted by molar-refractivity contribution is 5.97. The lowest BCUT2D eigenvalue weighted by Crippen LogP contribution is -2.51. The van der Waals surface area contributed by atoms with Gasteiger partial charge in [-0.1, -0.05) is 25.1 Å². The molecular formula is C26H31N3O3. The molecule has 1 aromatic heterocycles. The fraction of sp³-hybridized carbons (Fsp3) is 0.385. The number of carbonyl (C=O) groups is 1. The minimum atomic E-state index is -0.404. The van der Waals surface area contributed by atoms with Crippen LogP contribution < -0.4 is 15.1 Å². The Morgan fingerprint density at radius 3 is 2.78 bits per heavy atom. The Balaban J connectivity index is 1.52. The first kappa shape index (κ1) is 21.9. The van der Waals surface area contributed by atoms with Gasteiger partial charge in [-0.25, -0.2) is 5.43 Å². The minimum absolute atomic E-state index is 0.111. The summed E-state index contributed by atoms with van der Waals surface area (Å²) in [5, 5.41) is 4.96. The highest BCUT2D eigenvalue weighted by Gasteiger charge is 2.37. The van der Waals surface area contributed by atoms with Crippen molar-refractivity contribution in [1.82, 2.24) is 5.43 Å². The molecule has 0 bridgehead atoms. The van der Waals surface area contributed by atoms with Gasteiger partial charge in [0, 0.05) is 22.7 Å². The number of rotatable bonds is 5. The normalized spacial score (nSPS) is 17.7. The van der Waals surface area contributed by atoms with Crippen LogP contribution in [0.15, 0.2) is 52.0 Å². The maximum atomic E-state index is 12.5. The molecule has 1 aliphatic heterocycles. The number of hydrogen-bond acceptors (Lipinski definition) is 5. The van der Waals surface area contributed by atoms with E-state index < -0.39 is 5.91 Å². The summed E-state index contributed by atoms with van der Waals surface area (Å²) in [5.41, 5.74) is 6.77. The standard InChI is InChI=1S/C26H31N3O3/c1-16(2)29-21-11-10-18(12-20(21)17(3)14-26(29,4)5)15-27-28-25(30)23-13-19-8-7-9-22(31-6)24(19)32-23/h7-13,15-17H,14H2,1-6H3,(H,28,30)/b27-15-/t17-/m0/s1. The lowest BCUT2D eigenvalue weighted by Gasteiger charge is -2.50. The SMILES string of the molecule is COc1cccc2cc(C(=O)N/N=C\c3ccc4c(c3)[C@@H](C)CC(C)(C)N4C(C)C)oc12. The Morgan fingerprint density at radius 2 is 2.06 bits per heavy atom. The Labute approximate surface area is 189 Å². The van der Waals surface area contributed by atoms with Crippen LogP contribution in [0, 0.1) is 0 Å². The quantitative estimate of drug-likeness (QED) is 0.414. The summed E-state index contributed by atoms with van der Waals surface area (Å²) in [6, 6.07) is 14.0. The molecule has 0 fully saturated rings. The van der Waals surface area contributed by atoms with Gasteiger partial charge in [-0.05, 0) is 75.4 Å². The first-order valence-electron chi connectivity index (χ1n) is 11.0. The summed E-state index contributed by atoms with van der Waals surface area (Å²) in [6.45, 7) is 11.4. The van der Waals surface area contributed by atoms with E-state index in [0.717, 1.165) is 17.4 Å². The van der Waals surface area contributed by atoms with Gasteiger partial charge in [0.2, 0.25) is 0 Å². The molecule has 6 nitrogen and oxygen atoms in total. The third-order valence-corrected chi connectivity index (χ3v) is 6.15. The van der Waals surface area contributed by atoms with Crippen molar-refractivity contribution in [2.45, 2.75) is 58.5 Å². The van der Waals surface area contributed by atoms with Gasteiger partial charge in [-0.15, -0.1) is 0 Å². The third-order valence-electron chi connectivity index (χ3n) is 6.15. The van der Waals surface area contributed by atoms with Crippen molar-refractivity contribution in [2.24, 2.45) is 5.10 Å². The zero-order chi connectivity index (χ0) is 23.0.